The maximum atomic E-state index is 13.2. The number of ether oxygens (including phenoxy) is 3. The Kier molecular flexibility index (Phi) is 10.5. The van der Waals surface area contributed by atoms with Crippen molar-refractivity contribution in [3.05, 3.63) is 107 Å². The van der Waals surface area contributed by atoms with Gasteiger partial charge in [-0.2, -0.15) is 26.3 Å². The van der Waals surface area contributed by atoms with E-state index >= 15 is 0 Å². The molecule has 0 aliphatic carbocycles. The Morgan fingerprint density at radius 2 is 1.41 bits per heavy atom. The second-order valence-electron chi connectivity index (χ2n) is 9.98. The van der Waals surface area contributed by atoms with Gasteiger partial charge in [0, 0.05) is 26.3 Å². The molecule has 1 unspecified atom stereocenters. The predicted octanol–water partition coefficient (Wildman–Crippen LogP) is 8.20. The number of hydrogen-bond donors (Lipinski definition) is 0. The topological polar surface area (TPSA) is 30.9 Å². The zero-order valence-corrected chi connectivity index (χ0v) is 22.6. The minimum absolute atomic E-state index is 0.116. The first-order valence-corrected chi connectivity index (χ1v) is 13.5. The number of alkyl halides is 6. The molecule has 0 saturated carbocycles. The molecular weight excluding hydrogens is 548 g/mol. The highest BCUT2D eigenvalue weighted by Gasteiger charge is 2.37. The number of unbranched alkanes of at least 4 members (excludes halogenated alkanes) is 1. The maximum Gasteiger partial charge on any atom is 0.416 e. The van der Waals surface area contributed by atoms with Crippen molar-refractivity contribution < 1.29 is 40.6 Å². The summed E-state index contributed by atoms with van der Waals surface area (Å²) in [5.41, 5.74) is -0.628. The highest BCUT2D eigenvalue weighted by molar-refractivity contribution is 5.34. The summed E-state index contributed by atoms with van der Waals surface area (Å²) in [4.78, 5) is 2.33. The number of halogens is 6. The third-order valence-electron chi connectivity index (χ3n) is 6.95. The Labute approximate surface area is 235 Å². The molecule has 1 saturated heterocycles. The third kappa shape index (κ3) is 8.78. The standard InChI is InChI=1S/C31H33F6NO3/c1-22(25-18-26(30(32,33)34)20-27(19-25)31(35,36)37)39-15-8-9-16-40-29-28(24-12-6-3-7-13-24)38(14-17-41-29)21-23-10-4-2-5-11-23/h2-7,10-13,18-20,22,28-29H,8-9,14-17,21H2,1H3/t22?,28-,29-/m0/s1. The Balaban J connectivity index is 1.31. The molecule has 1 fully saturated rings. The van der Waals surface area contributed by atoms with E-state index in [0.29, 0.717) is 38.2 Å². The molecule has 0 bridgehead atoms. The van der Waals surface area contributed by atoms with Gasteiger partial charge < -0.3 is 14.2 Å². The number of benzene rings is 3. The molecule has 0 amide bonds. The fourth-order valence-corrected chi connectivity index (χ4v) is 4.81. The molecule has 41 heavy (non-hydrogen) atoms. The molecule has 0 aromatic heterocycles. The predicted molar refractivity (Wildman–Crippen MR) is 142 cm³/mol. The number of rotatable bonds is 11. The quantitative estimate of drug-likeness (QED) is 0.169. The van der Waals surface area contributed by atoms with Gasteiger partial charge in [0.1, 0.15) is 0 Å². The highest BCUT2D eigenvalue weighted by atomic mass is 19.4. The van der Waals surface area contributed by atoms with E-state index < -0.39 is 35.9 Å². The van der Waals surface area contributed by atoms with Gasteiger partial charge >= 0.3 is 12.4 Å². The zero-order chi connectivity index (χ0) is 29.5. The van der Waals surface area contributed by atoms with Gasteiger partial charge in [-0.05, 0) is 54.7 Å². The molecule has 4 nitrogen and oxygen atoms in total. The van der Waals surface area contributed by atoms with Gasteiger partial charge in [0.15, 0.2) is 6.29 Å². The summed E-state index contributed by atoms with van der Waals surface area (Å²) in [7, 11) is 0. The van der Waals surface area contributed by atoms with E-state index in [1.165, 1.54) is 12.5 Å². The fourth-order valence-electron chi connectivity index (χ4n) is 4.81. The van der Waals surface area contributed by atoms with Crippen LogP contribution >= 0.6 is 0 Å². The van der Waals surface area contributed by atoms with Crippen LogP contribution in [0.1, 0.15) is 59.7 Å². The van der Waals surface area contributed by atoms with Crippen LogP contribution in [0.15, 0.2) is 78.9 Å². The van der Waals surface area contributed by atoms with Crippen molar-refractivity contribution in [1.82, 2.24) is 4.90 Å². The monoisotopic (exact) mass is 581 g/mol. The molecule has 0 N–H and O–H groups in total. The maximum absolute atomic E-state index is 13.2. The second kappa shape index (κ2) is 13.8. The van der Waals surface area contributed by atoms with Gasteiger partial charge in [0.25, 0.3) is 0 Å². The Morgan fingerprint density at radius 1 is 0.829 bits per heavy atom. The minimum atomic E-state index is -4.90. The molecular formula is C31H33F6NO3. The fraction of sp³-hybridized carbons (Fsp3) is 0.419. The molecule has 1 aliphatic rings. The van der Waals surface area contributed by atoms with Gasteiger partial charge in [-0.15, -0.1) is 0 Å². The average molecular weight is 582 g/mol. The molecule has 10 heteroatoms. The van der Waals surface area contributed by atoms with E-state index in [4.69, 9.17) is 14.2 Å². The first-order valence-electron chi connectivity index (χ1n) is 13.5. The van der Waals surface area contributed by atoms with E-state index in [1.807, 2.05) is 48.5 Å². The van der Waals surface area contributed by atoms with Crippen molar-refractivity contribution >= 4 is 0 Å². The molecule has 3 aromatic carbocycles. The zero-order valence-electron chi connectivity index (χ0n) is 22.6. The van der Waals surface area contributed by atoms with Crippen LogP contribution in [0, 0.1) is 0 Å². The summed E-state index contributed by atoms with van der Waals surface area (Å²) >= 11 is 0. The van der Waals surface area contributed by atoms with Crippen LogP contribution in [0.3, 0.4) is 0 Å². The van der Waals surface area contributed by atoms with Gasteiger partial charge in [-0.3, -0.25) is 4.90 Å². The van der Waals surface area contributed by atoms with Crippen molar-refractivity contribution in [3.8, 4) is 0 Å². The Bertz CT molecular complexity index is 1190. The van der Waals surface area contributed by atoms with Crippen molar-refractivity contribution in [2.24, 2.45) is 0 Å². The summed E-state index contributed by atoms with van der Waals surface area (Å²) in [6.07, 6.45) is -10.2. The molecule has 0 radical (unpaired) electrons. The molecule has 4 rings (SSSR count). The molecule has 3 atom stereocenters. The van der Waals surface area contributed by atoms with E-state index in [1.54, 1.807) is 0 Å². The van der Waals surface area contributed by atoms with Crippen LogP contribution in [-0.4, -0.2) is 37.6 Å². The van der Waals surface area contributed by atoms with Gasteiger partial charge in [-0.25, -0.2) is 0 Å². The lowest BCUT2D eigenvalue weighted by atomic mass is 10.0. The van der Waals surface area contributed by atoms with Gasteiger partial charge in [0.2, 0.25) is 0 Å². The first kappa shape index (κ1) is 31.0. The second-order valence-corrected chi connectivity index (χ2v) is 9.98. The number of morpholine rings is 1. The molecule has 1 aliphatic heterocycles. The van der Waals surface area contributed by atoms with E-state index in [2.05, 4.69) is 17.0 Å². The minimum Gasteiger partial charge on any atom is -0.374 e. The van der Waals surface area contributed by atoms with Gasteiger partial charge in [-0.1, -0.05) is 60.7 Å². The number of hydrogen-bond acceptors (Lipinski definition) is 4. The van der Waals surface area contributed by atoms with Crippen molar-refractivity contribution in [3.63, 3.8) is 0 Å². The molecule has 1 heterocycles. The summed E-state index contributed by atoms with van der Waals surface area (Å²) in [5, 5.41) is 0. The largest absolute Gasteiger partial charge is 0.416 e. The van der Waals surface area contributed by atoms with Gasteiger partial charge in [0.05, 0.1) is 29.9 Å². The normalized spacial score (nSPS) is 19.3. The van der Waals surface area contributed by atoms with Crippen molar-refractivity contribution in [1.29, 1.82) is 0 Å². The van der Waals surface area contributed by atoms with Crippen LogP contribution in [0.25, 0.3) is 0 Å². The van der Waals surface area contributed by atoms with Crippen LogP contribution in [0.5, 0.6) is 0 Å². The summed E-state index contributed by atoms with van der Waals surface area (Å²) in [5.74, 6) is 0. The van der Waals surface area contributed by atoms with Crippen molar-refractivity contribution in [2.75, 3.05) is 26.4 Å². The highest BCUT2D eigenvalue weighted by Crippen LogP contribution is 2.38. The summed E-state index contributed by atoms with van der Waals surface area (Å²) in [6.45, 7) is 3.93. The van der Waals surface area contributed by atoms with Crippen LogP contribution in [0.2, 0.25) is 0 Å². The van der Waals surface area contributed by atoms with Crippen LogP contribution in [0.4, 0.5) is 26.3 Å². The third-order valence-corrected chi connectivity index (χ3v) is 6.95. The first-order chi connectivity index (χ1) is 19.5. The smallest absolute Gasteiger partial charge is 0.374 e. The Hall–Kier alpha value is -2.92. The Morgan fingerprint density at radius 3 is 2.02 bits per heavy atom. The van der Waals surface area contributed by atoms with E-state index in [0.717, 1.165) is 18.7 Å². The number of nitrogens with zero attached hydrogens (tertiary/aromatic N) is 1. The summed E-state index contributed by atoms with van der Waals surface area (Å²) < 4.78 is 96.8. The molecule has 222 valence electrons. The van der Waals surface area contributed by atoms with Crippen molar-refractivity contribution in [2.45, 2.75) is 57.1 Å². The van der Waals surface area contributed by atoms with E-state index in [-0.39, 0.29) is 24.3 Å². The van der Waals surface area contributed by atoms with E-state index in [9.17, 15) is 26.3 Å². The van der Waals surface area contributed by atoms with Crippen LogP contribution in [-0.2, 0) is 33.1 Å². The lowest BCUT2D eigenvalue weighted by Crippen LogP contribution is -2.46. The van der Waals surface area contributed by atoms with Crippen LogP contribution < -0.4 is 0 Å². The average Bonchev–Trinajstić information content (AvgIpc) is 2.94. The molecule has 0 spiro atoms. The summed E-state index contributed by atoms with van der Waals surface area (Å²) in [6, 6.07) is 21.5. The SMILES string of the molecule is CC(OCCCCO[C@H]1OCCN(Cc2ccccc2)[C@H]1c1ccccc1)c1cc(C(F)(F)F)cc(C(F)(F)F)c1. The lowest BCUT2D eigenvalue weighted by molar-refractivity contribution is -0.213. The lowest BCUT2D eigenvalue weighted by Gasteiger charge is -2.41. The molecule has 3 aromatic rings.